The molecule has 2 rings (SSSR count). The van der Waals surface area contributed by atoms with E-state index in [9.17, 15) is 5.11 Å². The predicted molar refractivity (Wildman–Crippen MR) is 81.7 cm³/mol. The Morgan fingerprint density at radius 2 is 1.55 bits per heavy atom. The summed E-state index contributed by atoms with van der Waals surface area (Å²) in [7, 11) is 0. The van der Waals surface area contributed by atoms with Crippen molar-refractivity contribution >= 4 is 0 Å². The fourth-order valence-electron chi connectivity index (χ4n) is 2.25. The molecule has 0 radical (unpaired) electrons. The van der Waals surface area contributed by atoms with E-state index in [0.29, 0.717) is 6.61 Å². The number of rotatable bonds is 7. The molecule has 0 spiro atoms. The topological polar surface area (TPSA) is 29.5 Å². The molecule has 106 valence electrons. The molecule has 0 aliphatic carbocycles. The maximum absolute atomic E-state index is 10.3. The maximum Gasteiger partial charge on any atom is 0.119 e. The monoisotopic (exact) mass is 270 g/mol. The van der Waals surface area contributed by atoms with E-state index in [1.807, 2.05) is 60.7 Å². The van der Waals surface area contributed by atoms with Crippen molar-refractivity contribution in [2.45, 2.75) is 25.9 Å². The second-order valence-electron chi connectivity index (χ2n) is 5.14. The van der Waals surface area contributed by atoms with Gasteiger partial charge in [-0.3, -0.25) is 0 Å². The van der Waals surface area contributed by atoms with Crippen molar-refractivity contribution in [3.63, 3.8) is 0 Å². The third kappa shape index (κ3) is 4.39. The summed E-state index contributed by atoms with van der Waals surface area (Å²) < 4.78 is 5.66. The maximum atomic E-state index is 10.3. The first-order chi connectivity index (χ1) is 9.77. The smallest absolute Gasteiger partial charge is 0.119 e. The number of ether oxygens (including phenoxy) is 1. The van der Waals surface area contributed by atoms with Crippen molar-refractivity contribution in [2.24, 2.45) is 5.92 Å². The predicted octanol–water partition coefficient (Wildman–Crippen LogP) is 4.22. The number of benzene rings is 2. The largest absolute Gasteiger partial charge is 0.494 e. The molecule has 2 aromatic carbocycles. The number of aliphatic hydroxyl groups is 1. The molecule has 0 aromatic heterocycles. The van der Waals surface area contributed by atoms with Gasteiger partial charge in [-0.1, -0.05) is 55.5 Å². The molecule has 1 N–H and O–H groups in total. The lowest BCUT2D eigenvalue weighted by atomic mass is 9.93. The fraction of sp³-hybridized carbons (Fsp3) is 0.333. The Hall–Kier alpha value is -1.80. The summed E-state index contributed by atoms with van der Waals surface area (Å²) in [6.45, 7) is 2.77. The van der Waals surface area contributed by atoms with Gasteiger partial charge >= 0.3 is 0 Å². The molecule has 0 saturated heterocycles. The lowest BCUT2D eigenvalue weighted by molar-refractivity contribution is 0.108. The molecular weight excluding hydrogens is 248 g/mol. The molecule has 20 heavy (non-hydrogen) atoms. The van der Waals surface area contributed by atoms with E-state index < -0.39 is 6.10 Å². The van der Waals surface area contributed by atoms with Crippen molar-refractivity contribution in [3.05, 3.63) is 66.2 Å². The van der Waals surface area contributed by atoms with Crippen LogP contribution in [0.25, 0.3) is 0 Å². The number of hydrogen-bond donors (Lipinski definition) is 1. The highest BCUT2D eigenvalue weighted by Gasteiger charge is 2.15. The van der Waals surface area contributed by atoms with E-state index >= 15 is 0 Å². The van der Waals surface area contributed by atoms with Crippen LogP contribution in [0.3, 0.4) is 0 Å². The third-order valence-electron chi connectivity index (χ3n) is 3.50. The van der Waals surface area contributed by atoms with Crippen LogP contribution in [-0.2, 0) is 0 Å². The molecule has 2 unspecified atom stereocenters. The molecule has 2 atom stereocenters. The Morgan fingerprint density at radius 1 is 0.950 bits per heavy atom. The van der Waals surface area contributed by atoms with E-state index in [1.165, 1.54) is 0 Å². The summed E-state index contributed by atoms with van der Waals surface area (Å²) in [5.41, 5.74) is 0.990. The molecule has 0 bridgehead atoms. The SMILES string of the molecule is CC(CCCOc1ccccc1)C(O)c1ccccc1. The van der Waals surface area contributed by atoms with Gasteiger partial charge in [-0.2, -0.15) is 0 Å². The van der Waals surface area contributed by atoms with E-state index in [0.717, 1.165) is 24.2 Å². The van der Waals surface area contributed by atoms with Crippen molar-refractivity contribution < 1.29 is 9.84 Å². The van der Waals surface area contributed by atoms with Gasteiger partial charge < -0.3 is 9.84 Å². The van der Waals surface area contributed by atoms with Gasteiger partial charge in [0.05, 0.1) is 12.7 Å². The molecule has 0 amide bonds. The molecular formula is C18H22O2. The van der Waals surface area contributed by atoms with Crippen LogP contribution >= 0.6 is 0 Å². The van der Waals surface area contributed by atoms with Gasteiger partial charge in [0.2, 0.25) is 0 Å². The summed E-state index contributed by atoms with van der Waals surface area (Å²) in [6, 6.07) is 19.7. The van der Waals surface area contributed by atoms with Crippen LogP contribution in [0.1, 0.15) is 31.4 Å². The Labute approximate surface area is 121 Å². The van der Waals surface area contributed by atoms with Crippen molar-refractivity contribution in [1.29, 1.82) is 0 Å². The van der Waals surface area contributed by atoms with Crippen LogP contribution < -0.4 is 4.74 Å². The zero-order valence-electron chi connectivity index (χ0n) is 11.9. The third-order valence-corrected chi connectivity index (χ3v) is 3.50. The van der Waals surface area contributed by atoms with Crippen LogP contribution in [-0.4, -0.2) is 11.7 Å². The lowest BCUT2D eigenvalue weighted by Gasteiger charge is -2.19. The lowest BCUT2D eigenvalue weighted by Crippen LogP contribution is -2.10. The fourth-order valence-corrected chi connectivity index (χ4v) is 2.25. The van der Waals surface area contributed by atoms with Gasteiger partial charge in [-0.05, 0) is 36.5 Å². The van der Waals surface area contributed by atoms with Crippen LogP contribution in [0.15, 0.2) is 60.7 Å². The van der Waals surface area contributed by atoms with Crippen molar-refractivity contribution in [2.75, 3.05) is 6.61 Å². The standard InChI is InChI=1S/C18H22O2/c1-15(18(19)16-10-4-2-5-11-16)9-8-14-20-17-12-6-3-7-13-17/h2-7,10-13,15,18-19H,8-9,14H2,1H3. The molecule has 0 aliphatic rings. The molecule has 0 heterocycles. The van der Waals surface area contributed by atoms with E-state index in [1.54, 1.807) is 0 Å². The zero-order valence-corrected chi connectivity index (χ0v) is 11.9. The first kappa shape index (κ1) is 14.6. The number of hydrogen-bond acceptors (Lipinski definition) is 2. The molecule has 0 fully saturated rings. The summed E-state index contributed by atoms with van der Waals surface area (Å²) in [4.78, 5) is 0. The van der Waals surface area contributed by atoms with Gasteiger partial charge in [-0.25, -0.2) is 0 Å². The second-order valence-corrected chi connectivity index (χ2v) is 5.14. The van der Waals surface area contributed by atoms with Crippen LogP contribution in [0.4, 0.5) is 0 Å². The average molecular weight is 270 g/mol. The van der Waals surface area contributed by atoms with Gasteiger partial charge in [-0.15, -0.1) is 0 Å². The highest BCUT2D eigenvalue weighted by atomic mass is 16.5. The van der Waals surface area contributed by atoms with E-state index in [-0.39, 0.29) is 5.92 Å². The summed E-state index contributed by atoms with van der Waals surface area (Å²) >= 11 is 0. The van der Waals surface area contributed by atoms with E-state index in [4.69, 9.17) is 4.74 Å². The van der Waals surface area contributed by atoms with E-state index in [2.05, 4.69) is 6.92 Å². The zero-order chi connectivity index (χ0) is 14.2. The Kier molecular flexibility index (Phi) is 5.63. The van der Waals surface area contributed by atoms with Crippen LogP contribution in [0.5, 0.6) is 5.75 Å². The van der Waals surface area contributed by atoms with Gasteiger partial charge in [0.25, 0.3) is 0 Å². The first-order valence-electron chi connectivity index (χ1n) is 7.18. The minimum Gasteiger partial charge on any atom is -0.494 e. The molecule has 2 heteroatoms. The van der Waals surface area contributed by atoms with Crippen LogP contribution in [0, 0.1) is 5.92 Å². The van der Waals surface area contributed by atoms with Crippen molar-refractivity contribution in [3.8, 4) is 5.75 Å². The minimum atomic E-state index is -0.395. The Balaban J connectivity index is 1.71. The molecule has 2 aromatic rings. The summed E-state index contributed by atoms with van der Waals surface area (Å²) in [6.07, 6.45) is 1.50. The van der Waals surface area contributed by atoms with Gasteiger partial charge in [0.1, 0.15) is 5.75 Å². The molecule has 0 saturated carbocycles. The summed E-state index contributed by atoms with van der Waals surface area (Å²) in [5, 5.41) is 10.3. The number of aliphatic hydroxyl groups excluding tert-OH is 1. The normalized spacial score (nSPS) is 13.7. The Bertz CT molecular complexity index is 481. The first-order valence-corrected chi connectivity index (χ1v) is 7.18. The van der Waals surface area contributed by atoms with Gasteiger partial charge in [0, 0.05) is 0 Å². The minimum absolute atomic E-state index is 0.233. The summed E-state index contributed by atoms with van der Waals surface area (Å²) in [5.74, 6) is 1.14. The Morgan fingerprint density at radius 3 is 2.20 bits per heavy atom. The highest BCUT2D eigenvalue weighted by molar-refractivity contribution is 5.21. The average Bonchev–Trinajstić information content (AvgIpc) is 2.52. The van der Waals surface area contributed by atoms with Crippen molar-refractivity contribution in [1.82, 2.24) is 0 Å². The number of para-hydroxylation sites is 1. The molecule has 0 aliphatic heterocycles. The van der Waals surface area contributed by atoms with Crippen LogP contribution in [0.2, 0.25) is 0 Å². The molecule has 2 nitrogen and oxygen atoms in total. The second kappa shape index (κ2) is 7.71. The quantitative estimate of drug-likeness (QED) is 0.763. The highest BCUT2D eigenvalue weighted by Crippen LogP contribution is 2.25. The van der Waals surface area contributed by atoms with Gasteiger partial charge in [0.15, 0.2) is 0 Å².